The highest BCUT2D eigenvalue weighted by Gasteiger charge is 2.21. The summed E-state index contributed by atoms with van der Waals surface area (Å²) in [5, 5.41) is 8.83. The summed E-state index contributed by atoms with van der Waals surface area (Å²) in [5.41, 5.74) is 1.22. The summed E-state index contributed by atoms with van der Waals surface area (Å²) in [6.07, 6.45) is 0. The summed E-state index contributed by atoms with van der Waals surface area (Å²) >= 11 is 12.1. The molecule has 0 saturated carbocycles. The molecule has 0 aromatic heterocycles. The first-order chi connectivity index (χ1) is 16.5. The maximum Gasteiger partial charge on any atom is 0.343 e. The number of aromatic carboxylic acids is 1. The number of methoxy groups -OCH3 is 2. The van der Waals surface area contributed by atoms with Crippen molar-refractivity contribution in [2.45, 2.75) is 13.8 Å². The zero-order valence-corrected chi connectivity index (χ0v) is 20.6. The lowest BCUT2D eigenvalue weighted by Gasteiger charge is -2.14. The minimum atomic E-state index is -1.23. The van der Waals surface area contributed by atoms with Gasteiger partial charge in [-0.25, -0.2) is 14.4 Å². The van der Waals surface area contributed by atoms with Crippen molar-refractivity contribution < 1.29 is 38.4 Å². The van der Waals surface area contributed by atoms with E-state index in [1.165, 1.54) is 38.5 Å². The van der Waals surface area contributed by atoms with Crippen molar-refractivity contribution in [2.75, 3.05) is 14.2 Å². The van der Waals surface area contributed by atoms with Crippen molar-refractivity contribution in [1.29, 1.82) is 0 Å². The van der Waals surface area contributed by atoms with Gasteiger partial charge in [-0.1, -0.05) is 23.2 Å². The Morgan fingerprint density at radius 3 is 1.51 bits per heavy atom. The lowest BCUT2D eigenvalue weighted by Crippen LogP contribution is -2.13. The Labute approximate surface area is 210 Å². The third-order valence-corrected chi connectivity index (χ3v) is 5.48. The zero-order valence-electron chi connectivity index (χ0n) is 19.1. The molecule has 0 unspecified atom stereocenters. The van der Waals surface area contributed by atoms with Crippen molar-refractivity contribution in [2.24, 2.45) is 0 Å². The van der Waals surface area contributed by atoms with E-state index in [0.717, 1.165) is 12.1 Å². The number of halogens is 2. The van der Waals surface area contributed by atoms with E-state index in [0.29, 0.717) is 22.6 Å². The van der Waals surface area contributed by atoms with E-state index in [4.69, 9.17) is 47.3 Å². The van der Waals surface area contributed by atoms with Crippen molar-refractivity contribution >= 4 is 41.1 Å². The molecule has 0 fully saturated rings. The van der Waals surface area contributed by atoms with Gasteiger partial charge in [0.05, 0.1) is 41.0 Å². The molecular formula is C25H20Cl2O8. The van der Waals surface area contributed by atoms with Gasteiger partial charge < -0.3 is 24.1 Å². The first kappa shape index (κ1) is 25.9. The highest BCUT2D eigenvalue weighted by Crippen LogP contribution is 2.35. The minimum absolute atomic E-state index is 0.129. The fourth-order valence-electron chi connectivity index (χ4n) is 3.24. The molecule has 0 aliphatic rings. The Bertz CT molecular complexity index is 1260. The molecule has 0 aliphatic carbocycles. The molecule has 0 radical (unpaired) electrons. The number of carbonyl (C=O) groups excluding carboxylic acids is 2. The maximum atomic E-state index is 12.8. The predicted octanol–water partition coefficient (Wildman–Crippen LogP) is 5.76. The Morgan fingerprint density at radius 1 is 0.657 bits per heavy atom. The number of rotatable bonds is 7. The van der Waals surface area contributed by atoms with Crippen LogP contribution in [0.15, 0.2) is 42.5 Å². The average Bonchev–Trinajstić information content (AvgIpc) is 2.82. The van der Waals surface area contributed by atoms with Crippen LogP contribution in [0, 0.1) is 13.8 Å². The number of esters is 2. The van der Waals surface area contributed by atoms with Crippen LogP contribution in [0.1, 0.15) is 42.2 Å². The van der Waals surface area contributed by atoms with Crippen LogP contribution in [-0.2, 0) is 0 Å². The van der Waals surface area contributed by atoms with Gasteiger partial charge in [0.15, 0.2) is 5.75 Å². The van der Waals surface area contributed by atoms with E-state index in [9.17, 15) is 14.4 Å². The number of aryl methyl sites for hydroxylation is 2. The summed E-state index contributed by atoms with van der Waals surface area (Å²) in [6, 6.07) is 9.89. The van der Waals surface area contributed by atoms with Gasteiger partial charge in [-0.15, -0.1) is 0 Å². The number of carboxylic acids is 1. The Morgan fingerprint density at radius 2 is 1.09 bits per heavy atom. The summed E-state index contributed by atoms with van der Waals surface area (Å²) in [7, 11) is 2.94. The Hall–Kier alpha value is -3.75. The zero-order chi connectivity index (χ0) is 25.9. The highest BCUT2D eigenvalue weighted by molar-refractivity contribution is 6.38. The molecule has 0 spiro atoms. The number of hydrogen-bond acceptors (Lipinski definition) is 7. The lowest BCUT2D eigenvalue weighted by molar-refractivity contribution is 0.0694. The van der Waals surface area contributed by atoms with Gasteiger partial charge in [0.1, 0.15) is 17.2 Å². The normalized spacial score (nSPS) is 10.5. The molecule has 0 bridgehead atoms. The van der Waals surface area contributed by atoms with Crippen LogP contribution in [0.4, 0.5) is 0 Å². The fourth-order valence-corrected chi connectivity index (χ4v) is 3.80. The third-order valence-electron chi connectivity index (χ3n) is 4.92. The van der Waals surface area contributed by atoms with Crippen molar-refractivity contribution in [3.63, 3.8) is 0 Å². The summed E-state index contributed by atoms with van der Waals surface area (Å²) < 4.78 is 21.3. The Kier molecular flexibility index (Phi) is 7.89. The van der Waals surface area contributed by atoms with Crippen LogP contribution in [0.2, 0.25) is 10.0 Å². The smallest absolute Gasteiger partial charge is 0.343 e. The SMILES string of the molecule is COc1cc(OC)cc(C(=O)Oc2c(C)cc(C(=O)Oc3c(Cl)cc(C(=O)O)cc3Cl)cc2C)c1. The molecule has 8 nitrogen and oxygen atoms in total. The predicted molar refractivity (Wildman–Crippen MR) is 129 cm³/mol. The molecule has 3 rings (SSSR count). The molecule has 10 heteroatoms. The molecule has 0 amide bonds. The van der Waals surface area contributed by atoms with Crippen LogP contribution in [0.3, 0.4) is 0 Å². The number of ether oxygens (including phenoxy) is 4. The molecular weight excluding hydrogens is 499 g/mol. The summed E-state index contributed by atoms with van der Waals surface area (Å²) in [6.45, 7) is 3.33. The number of benzene rings is 3. The molecule has 182 valence electrons. The molecule has 0 aliphatic heterocycles. The van der Waals surface area contributed by atoms with Gasteiger partial charge in [0.25, 0.3) is 0 Å². The molecule has 3 aromatic rings. The van der Waals surface area contributed by atoms with E-state index in [1.807, 2.05) is 0 Å². The fraction of sp³-hybridized carbons (Fsp3) is 0.160. The van der Waals surface area contributed by atoms with Gasteiger partial charge in [0.2, 0.25) is 0 Å². The summed E-state index contributed by atoms with van der Waals surface area (Å²) in [4.78, 5) is 36.6. The van der Waals surface area contributed by atoms with Crippen LogP contribution in [-0.4, -0.2) is 37.2 Å². The van der Waals surface area contributed by atoms with Gasteiger partial charge in [-0.2, -0.15) is 0 Å². The molecule has 1 N–H and O–H groups in total. The second kappa shape index (κ2) is 10.7. The van der Waals surface area contributed by atoms with Crippen LogP contribution in [0.5, 0.6) is 23.0 Å². The second-order valence-electron chi connectivity index (χ2n) is 7.39. The first-order valence-electron chi connectivity index (χ1n) is 10.0. The van der Waals surface area contributed by atoms with Gasteiger partial charge in [0, 0.05) is 6.07 Å². The highest BCUT2D eigenvalue weighted by atomic mass is 35.5. The van der Waals surface area contributed by atoms with E-state index in [-0.39, 0.29) is 38.2 Å². The Balaban J connectivity index is 1.85. The van der Waals surface area contributed by atoms with Gasteiger partial charge in [-0.3, -0.25) is 0 Å². The first-order valence-corrected chi connectivity index (χ1v) is 10.8. The molecule has 0 heterocycles. The maximum absolute atomic E-state index is 12.8. The molecule has 0 saturated heterocycles. The van der Waals surface area contributed by atoms with Crippen molar-refractivity contribution in [1.82, 2.24) is 0 Å². The molecule has 3 aromatic carbocycles. The van der Waals surface area contributed by atoms with Crippen LogP contribution in [0.25, 0.3) is 0 Å². The molecule has 35 heavy (non-hydrogen) atoms. The average molecular weight is 519 g/mol. The van der Waals surface area contributed by atoms with Crippen molar-refractivity contribution in [3.05, 3.63) is 80.3 Å². The minimum Gasteiger partial charge on any atom is -0.497 e. The third kappa shape index (κ3) is 5.85. The second-order valence-corrected chi connectivity index (χ2v) is 8.21. The largest absolute Gasteiger partial charge is 0.497 e. The number of carbonyl (C=O) groups is 3. The van der Waals surface area contributed by atoms with E-state index >= 15 is 0 Å². The van der Waals surface area contributed by atoms with Gasteiger partial charge in [-0.05, 0) is 61.4 Å². The topological polar surface area (TPSA) is 108 Å². The van der Waals surface area contributed by atoms with E-state index in [1.54, 1.807) is 19.9 Å². The quantitative estimate of drug-likeness (QED) is 0.310. The monoisotopic (exact) mass is 518 g/mol. The summed E-state index contributed by atoms with van der Waals surface area (Å²) in [5.74, 6) is -1.68. The van der Waals surface area contributed by atoms with Crippen LogP contribution < -0.4 is 18.9 Å². The van der Waals surface area contributed by atoms with E-state index in [2.05, 4.69) is 0 Å². The number of hydrogen-bond donors (Lipinski definition) is 1. The van der Waals surface area contributed by atoms with Gasteiger partial charge >= 0.3 is 17.9 Å². The standard InChI is InChI=1S/C25H20Cl2O8/c1-12-5-15(24(30)35-22-19(26)9-14(23(28)29)10-20(22)27)6-13(2)21(12)34-25(31)16-7-17(32-3)11-18(8-16)33-4/h5-11H,1-4H3,(H,28,29). The van der Waals surface area contributed by atoms with Crippen LogP contribution >= 0.6 is 23.2 Å². The van der Waals surface area contributed by atoms with E-state index < -0.39 is 17.9 Å². The molecule has 0 atom stereocenters. The lowest BCUT2D eigenvalue weighted by atomic mass is 10.1. The number of carboxylic acid groups (broad SMARTS) is 1. The van der Waals surface area contributed by atoms with Crippen molar-refractivity contribution in [3.8, 4) is 23.0 Å².